The summed E-state index contributed by atoms with van der Waals surface area (Å²) >= 11 is 12.1. The predicted molar refractivity (Wildman–Crippen MR) is 78.7 cm³/mol. The molecule has 1 N–H and O–H groups in total. The predicted octanol–water partition coefficient (Wildman–Crippen LogP) is 4.83. The number of anilines is 1. The zero-order valence-corrected chi connectivity index (χ0v) is 11.3. The van der Waals surface area contributed by atoms with Gasteiger partial charge >= 0.3 is 0 Å². The lowest BCUT2D eigenvalue weighted by atomic mass is 10.1. The number of hydrogen-bond donors (Lipinski definition) is 1. The summed E-state index contributed by atoms with van der Waals surface area (Å²) in [5.41, 5.74) is 5.41. The third kappa shape index (κ3) is 3.03. The minimum absolute atomic E-state index is 0.633. The average Bonchev–Trinajstić information content (AvgIpc) is 2.38. The maximum Gasteiger partial charge on any atom is 0.0748 e. The summed E-state index contributed by atoms with van der Waals surface area (Å²) in [6, 6.07) is 15.0. The molecule has 0 spiro atoms. The normalized spacial score (nSPS) is 11.4. The van der Waals surface area contributed by atoms with Crippen molar-refractivity contribution in [1.82, 2.24) is 0 Å². The van der Waals surface area contributed by atoms with E-state index in [-0.39, 0.29) is 0 Å². The van der Waals surface area contributed by atoms with Crippen molar-refractivity contribution in [3.05, 3.63) is 64.1 Å². The molecule has 2 rings (SSSR count). The van der Waals surface area contributed by atoms with E-state index in [0.717, 1.165) is 17.0 Å². The van der Waals surface area contributed by atoms with E-state index in [2.05, 4.69) is 10.5 Å². The van der Waals surface area contributed by atoms with Gasteiger partial charge in [-0.3, -0.25) is 5.43 Å². The van der Waals surface area contributed by atoms with E-state index >= 15 is 0 Å². The fourth-order valence-electron chi connectivity index (χ4n) is 1.51. The van der Waals surface area contributed by atoms with Crippen molar-refractivity contribution in [1.29, 1.82) is 0 Å². The van der Waals surface area contributed by atoms with Gasteiger partial charge in [0.2, 0.25) is 0 Å². The summed E-state index contributed by atoms with van der Waals surface area (Å²) in [6.07, 6.45) is 0. The van der Waals surface area contributed by atoms with E-state index in [9.17, 15) is 0 Å². The maximum absolute atomic E-state index is 6.10. The number of benzene rings is 2. The molecular formula is C14H12Cl2N2. The number of nitrogens with one attached hydrogen (secondary N) is 1. The Morgan fingerprint density at radius 1 is 0.944 bits per heavy atom. The van der Waals surface area contributed by atoms with Crippen molar-refractivity contribution in [2.45, 2.75) is 6.92 Å². The van der Waals surface area contributed by atoms with Gasteiger partial charge in [-0.15, -0.1) is 0 Å². The summed E-state index contributed by atoms with van der Waals surface area (Å²) in [5, 5.41) is 5.60. The summed E-state index contributed by atoms with van der Waals surface area (Å²) in [5.74, 6) is 0. The number of rotatable bonds is 3. The molecule has 0 amide bonds. The number of halogens is 2. The van der Waals surface area contributed by atoms with Crippen molar-refractivity contribution in [2.75, 3.05) is 5.43 Å². The quantitative estimate of drug-likeness (QED) is 0.631. The first-order valence-corrected chi connectivity index (χ1v) is 6.24. The highest BCUT2D eigenvalue weighted by molar-refractivity contribution is 6.34. The standard InChI is InChI=1S/C14H12Cl2N2/c1-10(11-6-2-3-7-12(11)15)17-18-14-9-5-4-8-13(14)16/h2-9,18H,1H3/b17-10+. The molecule has 0 saturated heterocycles. The smallest absolute Gasteiger partial charge is 0.0748 e. The van der Waals surface area contributed by atoms with Crippen LogP contribution in [-0.4, -0.2) is 5.71 Å². The Labute approximate surface area is 116 Å². The molecule has 0 bridgehead atoms. The number of para-hydroxylation sites is 1. The first kappa shape index (κ1) is 12.9. The summed E-state index contributed by atoms with van der Waals surface area (Å²) < 4.78 is 0. The zero-order chi connectivity index (χ0) is 13.0. The second-order valence-electron chi connectivity index (χ2n) is 3.77. The van der Waals surface area contributed by atoms with Crippen LogP contribution in [0.1, 0.15) is 12.5 Å². The topological polar surface area (TPSA) is 24.4 Å². The van der Waals surface area contributed by atoms with Crippen molar-refractivity contribution < 1.29 is 0 Å². The van der Waals surface area contributed by atoms with Crippen LogP contribution < -0.4 is 5.43 Å². The van der Waals surface area contributed by atoms with Gasteiger partial charge in [-0.1, -0.05) is 53.5 Å². The van der Waals surface area contributed by atoms with Gasteiger partial charge in [0.1, 0.15) is 0 Å². The molecule has 2 aromatic carbocycles. The molecule has 0 radical (unpaired) electrons. The average molecular weight is 279 g/mol. The Morgan fingerprint density at radius 3 is 2.22 bits per heavy atom. The van der Waals surface area contributed by atoms with E-state index in [4.69, 9.17) is 23.2 Å². The van der Waals surface area contributed by atoms with Gasteiger partial charge < -0.3 is 0 Å². The summed E-state index contributed by atoms with van der Waals surface area (Å²) in [4.78, 5) is 0. The van der Waals surface area contributed by atoms with Gasteiger partial charge in [-0.25, -0.2) is 0 Å². The Bertz CT molecular complexity index is 580. The third-order valence-corrected chi connectivity index (χ3v) is 3.14. The van der Waals surface area contributed by atoms with E-state index in [1.807, 2.05) is 55.5 Å². The van der Waals surface area contributed by atoms with Crippen molar-refractivity contribution in [3.63, 3.8) is 0 Å². The van der Waals surface area contributed by atoms with Gasteiger partial charge in [-0.2, -0.15) is 5.10 Å². The Hall–Kier alpha value is -1.51. The molecule has 0 unspecified atom stereocenters. The molecule has 0 aliphatic heterocycles. The van der Waals surface area contributed by atoms with Crippen LogP contribution in [0.25, 0.3) is 0 Å². The number of nitrogens with zero attached hydrogens (tertiary/aromatic N) is 1. The fraction of sp³-hybridized carbons (Fsp3) is 0.0714. The molecule has 0 aliphatic rings. The molecule has 4 heteroatoms. The van der Waals surface area contributed by atoms with E-state index in [1.165, 1.54) is 0 Å². The van der Waals surface area contributed by atoms with Crippen LogP contribution in [-0.2, 0) is 0 Å². The minimum atomic E-state index is 0.633. The molecule has 0 aliphatic carbocycles. The molecule has 18 heavy (non-hydrogen) atoms. The van der Waals surface area contributed by atoms with Gasteiger partial charge in [-0.05, 0) is 25.1 Å². The minimum Gasteiger partial charge on any atom is -0.277 e. The van der Waals surface area contributed by atoms with Crippen LogP contribution >= 0.6 is 23.2 Å². The highest BCUT2D eigenvalue weighted by atomic mass is 35.5. The van der Waals surface area contributed by atoms with Crippen LogP contribution in [0.15, 0.2) is 53.6 Å². The Kier molecular flexibility index (Phi) is 4.24. The largest absolute Gasteiger partial charge is 0.277 e. The van der Waals surface area contributed by atoms with E-state index in [1.54, 1.807) is 0 Å². The number of hydrazone groups is 1. The second-order valence-corrected chi connectivity index (χ2v) is 4.58. The third-order valence-electron chi connectivity index (χ3n) is 2.48. The van der Waals surface area contributed by atoms with Crippen molar-refractivity contribution in [3.8, 4) is 0 Å². The SMILES string of the molecule is C/C(=N\Nc1ccccc1Cl)c1ccccc1Cl. The zero-order valence-electron chi connectivity index (χ0n) is 9.82. The second kappa shape index (κ2) is 5.89. The van der Waals surface area contributed by atoms with E-state index < -0.39 is 0 Å². The van der Waals surface area contributed by atoms with Gasteiger partial charge in [0, 0.05) is 10.6 Å². The van der Waals surface area contributed by atoms with Crippen LogP contribution in [0.5, 0.6) is 0 Å². The molecule has 0 saturated carbocycles. The lowest BCUT2D eigenvalue weighted by Crippen LogP contribution is -2.00. The first-order valence-electron chi connectivity index (χ1n) is 5.48. The maximum atomic E-state index is 6.10. The van der Waals surface area contributed by atoms with Gasteiger partial charge in [0.25, 0.3) is 0 Å². The Morgan fingerprint density at radius 2 is 1.56 bits per heavy atom. The number of hydrogen-bond acceptors (Lipinski definition) is 2. The highest BCUT2D eigenvalue weighted by Gasteiger charge is 2.03. The molecule has 0 aromatic heterocycles. The summed E-state index contributed by atoms with van der Waals surface area (Å²) in [6.45, 7) is 1.89. The molecule has 2 aromatic rings. The molecule has 0 fully saturated rings. The molecular weight excluding hydrogens is 267 g/mol. The molecule has 92 valence electrons. The molecule has 2 nitrogen and oxygen atoms in total. The van der Waals surface area contributed by atoms with Gasteiger partial charge in [0.15, 0.2) is 0 Å². The van der Waals surface area contributed by atoms with Crippen LogP contribution in [0.4, 0.5) is 5.69 Å². The summed E-state index contributed by atoms with van der Waals surface area (Å²) in [7, 11) is 0. The molecule has 0 heterocycles. The first-order chi connectivity index (χ1) is 8.68. The van der Waals surface area contributed by atoms with Crippen molar-refractivity contribution in [2.24, 2.45) is 5.10 Å². The van der Waals surface area contributed by atoms with Crippen LogP contribution in [0.2, 0.25) is 10.0 Å². The van der Waals surface area contributed by atoms with Crippen molar-refractivity contribution >= 4 is 34.6 Å². The Balaban J connectivity index is 2.20. The van der Waals surface area contributed by atoms with Crippen LogP contribution in [0.3, 0.4) is 0 Å². The highest BCUT2D eigenvalue weighted by Crippen LogP contribution is 2.21. The fourth-order valence-corrected chi connectivity index (χ4v) is 1.96. The lowest BCUT2D eigenvalue weighted by Gasteiger charge is -2.06. The van der Waals surface area contributed by atoms with E-state index in [0.29, 0.717) is 10.0 Å². The van der Waals surface area contributed by atoms with Crippen LogP contribution in [0, 0.1) is 0 Å². The van der Waals surface area contributed by atoms with Gasteiger partial charge in [0.05, 0.1) is 16.4 Å². The monoisotopic (exact) mass is 278 g/mol. The molecule has 0 atom stereocenters. The lowest BCUT2D eigenvalue weighted by molar-refractivity contribution is 1.32.